The topological polar surface area (TPSA) is 36.9 Å². The molecule has 0 radical (unpaired) electrons. The molecule has 0 fully saturated rings. The first-order chi connectivity index (χ1) is 17.9. The van der Waals surface area contributed by atoms with Crippen molar-refractivity contribution in [2.75, 3.05) is 46.2 Å². The summed E-state index contributed by atoms with van der Waals surface area (Å²) in [4.78, 5) is 0. The van der Waals surface area contributed by atoms with Gasteiger partial charge in [-0.25, -0.2) is 0 Å². The summed E-state index contributed by atoms with van der Waals surface area (Å²) in [6, 6.07) is 0. The van der Waals surface area contributed by atoms with Gasteiger partial charge in [-0.15, -0.1) is 0 Å². The molecule has 0 aromatic heterocycles. The van der Waals surface area contributed by atoms with E-state index in [1.54, 1.807) is 0 Å². The first kappa shape index (κ1) is 40.0. The number of hydrogen-bond donors (Lipinski definition) is 0. The highest BCUT2D eigenvalue weighted by Gasteiger charge is 2.33. The monoisotopic (exact) mass is 545 g/mol. The van der Waals surface area contributed by atoms with Gasteiger partial charge in [0.25, 0.3) is 0 Å². The maximum Gasteiger partial charge on any atom is 0.0709 e. The van der Waals surface area contributed by atoms with Crippen LogP contribution in [0.1, 0.15) is 141 Å². The molecule has 0 saturated heterocycles. The second-order valence-electron chi connectivity index (χ2n) is 13.3. The fourth-order valence-electron chi connectivity index (χ4n) is 5.84. The quantitative estimate of drug-likeness (QED) is 0.113. The van der Waals surface area contributed by atoms with E-state index < -0.39 is 0 Å². The fraction of sp³-hybridized carbons (Fsp3) is 1.00. The van der Waals surface area contributed by atoms with Crippen LogP contribution in [-0.2, 0) is 18.9 Å². The SMILES string of the molecule is CCCCOCC(COCCCC)(CC(C)C)CC(C)C.CCOCCC(CC(C)C)(CC(C)C)OCC. The highest BCUT2D eigenvalue weighted by Crippen LogP contribution is 2.35. The van der Waals surface area contributed by atoms with Gasteiger partial charge >= 0.3 is 0 Å². The molecule has 38 heavy (non-hydrogen) atoms. The Labute approximate surface area is 240 Å². The minimum absolute atomic E-state index is 0.0201. The van der Waals surface area contributed by atoms with Crippen LogP contribution in [0.4, 0.5) is 0 Å². The van der Waals surface area contributed by atoms with Gasteiger partial charge in [0.15, 0.2) is 0 Å². The van der Waals surface area contributed by atoms with Crippen molar-refractivity contribution >= 4 is 0 Å². The molecular weight excluding hydrogens is 472 g/mol. The van der Waals surface area contributed by atoms with Gasteiger partial charge < -0.3 is 18.9 Å². The number of rotatable bonds is 24. The zero-order valence-corrected chi connectivity index (χ0v) is 28.3. The average molecular weight is 545 g/mol. The molecule has 0 heterocycles. The molecule has 0 N–H and O–H groups in total. The molecule has 4 nitrogen and oxygen atoms in total. The fourth-order valence-corrected chi connectivity index (χ4v) is 5.84. The van der Waals surface area contributed by atoms with Gasteiger partial charge in [-0.2, -0.15) is 0 Å². The Morgan fingerprint density at radius 1 is 0.500 bits per heavy atom. The molecular formula is C34H72O4. The van der Waals surface area contributed by atoms with Gasteiger partial charge in [0.2, 0.25) is 0 Å². The summed E-state index contributed by atoms with van der Waals surface area (Å²) in [6.45, 7) is 32.8. The zero-order valence-electron chi connectivity index (χ0n) is 28.3. The minimum atomic E-state index is 0.0201. The molecule has 0 aromatic carbocycles. The van der Waals surface area contributed by atoms with Crippen LogP contribution in [0, 0.1) is 29.1 Å². The zero-order chi connectivity index (χ0) is 29.5. The highest BCUT2D eigenvalue weighted by molar-refractivity contribution is 4.84. The van der Waals surface area contributed by atoms with Crippen LogP contribution >= 0.6 is 0 Å². The van der Waals surface area contributed by atoms with Crippen molar-refractivity contribution in [1.82, 2.24) is 0 Å². The van der Waals surface area contributed by atoms with E-state index in [9.17, 15) is 0 Å². The van der Waals surface area contributed by atoms with E-state index in [1.807, 2.05) is 6.92 Å². The lowest BCUT2D eigenvalue weighted by molar-refractivity contribution is -0.0849. The lowest BCUT2D eigenvalue weighted by atomic mass is 9.75. The van der Waals surface area contributed by atoms with E-state index in [0.29, 0.717) is 23.7 Å². The van der Waals surface area contributed by atoms with Gasteiger partial charge in [0.1, 0.15) is 0 Å². The third-order valence-corrected chi connectivity index (χ3v) is 6.70. The predicted molar refractivity (Wildman–Crippen MR) is 167 cm³/mol. The van der Waals surface area contributed by atoms with Crippen molar-refractivity contribution in [3.05, 3.63) is 0 Å². The van der Waals surface area contributed by atoms with Crippen LogP contribution in [0.25, 0.3) is 0 Å². The Morgan fingerprint density at radius 3 is 1.24 bits per heavy atom. The summed E-state index contributed by atoms with van der Waals surface area (Å²) in [5.41, 5.74) is 0.218. The van der Waals surface area contributed by atoms with Crippen LogP contribution in [0.5, 0.6) is 0 Å². The summed E-state index contributed by atoms with van der Waals surface area (Å²) in [6.07, 6.45) is 10.4. The second kappa shape index (κ2) is 24.6. The maximum absolute atomic E-state index is 6.12. The Morgan fingerprint density at radius 2 is 0.921 bits per heavy atom. The molecule has 0 bridgehead atoms. The van der Waals surface area contributed by atoms with Crippen LogP contribution in [0.15, 0.2) is 0 Å². The van der Waals surface area contributed by atoms with Gasteiger partial charge in [-0.1, -0.05) is 82.1 Å². The number of unbranched alkanes of at least 4 members (excludes halogenated alkanes) is 2. The van der Waals surface area contributed by atoms with Crippen molar-refractivity contribution < 1.29 is 18.9 Å². The molecule has 4 heteroatoms. The van der Waals surface area contributed by atoms with Gasteiger partial charge in [-0.3, -0.25) is 0 Å². The standard InChI is InChI=1S/C19H40O2.C15H32O2/c1-7-9-11-20-15-19(13-17(3)4,14-18(5)6)16-21-12-10-8-2;1-7-16-10-9-15(17-8-2,11-13(3)4)12-14(5)6/h17-18H,7-16H2,1-6H3;13-14H,7-12H2,1-6H3. The molecule has 0 aromatic rings. The Hall–Kier alpha value is -0.160. The number of ether oxygens (including phenoxy) is 4. The summed E-state index contributed by atoms with van der Waals surface area (Å²) in [7, 11) is 0. The van der Waals surface area contributed by atoms with Crippen molar-refractivity contribution in [3.63, 3.8) is 0 Å². The Balaban J connectivity index is 0. The van der Waals surface area contributed by atoms with E-state index in [1.165, 1.54) is 25.7 Å². The molecule has 0 unspecified atom stereocenters. The summed E-state index contributed by atoms with van der Waals surface area (Å²) < 4.78 is 23.7. The molecule has 0 amide bonds. The van der Waals surface area contributed by atoms with E-state index in [0.717, 1.165) is 78.4 Å². The van der Waals surface area contributed by atoms with Crippen LogP contribution < -0.4 is 0 Å². The van der Waals surface area contributed by atoms with Crippen molar-refractivity contribution in [1.29, 1.82) is 0 Å². The third kappa shape index (κ3) is 22.6. The Kier molecular flexibility index (Phi) is 25.9. The summed E-state index contributed by atoms with van der Waals surface area (Å²) >= 11 is 0. The second-order valence-corrected chi connectivity index (χ2v) is 13.3. The first-order valence-corrected chi connectivity index (χ1v) is 16.3. The minimum Gasteiger partial charge on any atom is -0.382 e. The summed E-state index contributed by atoms with van der Waals surface area (Å²) in [5, 5.41) is 0. The first-order valence-electron chi connectivity index (χ1n) is 16.3. The number of hydrogen-bond acceptors (Lipinski definition) is 4. The third-order valence-electron chi connectivity index (χ3n) is 6.70. The van der Waals surface area contributed by atoms with E-state index >= 15 is 0 Å². The molecule has 0 atom stereocenters. The van der Waals surface area contributed by atoms with Gasteiger partial charge in [-0.05, 0) is 82.5 Å². The smallest absolute Gasteiger partial charge is 0.0709 e. The normalized spacial score (nSPS) is 12.6. The Bertz CT molecular complexity index is 453. The molecule has 0 rings (SSSR count). The van der Waals surface area contributed by atoms with E-state index in [4.69, 9.17) is 18.9 Å². The highest BCUT2D eigenvalue weighted by atomic mass is 16.5. The molecule has 0 aliphatic rings. The lowest BCUT2D eigenvalue weighted by Gasteiger charge is -2.37. The van der Waals surface area contributed by atoms with E-state index in [-0.39, 0.29) is 11.0 Å². The van der Waals surface area contributed by atoms with Crippen molar-refractivity contribution in [2.45, 2.75) is 146 Å². The predicted octanol–water partition coefficient (Wildman–Crippen LogP) is 9.98. The van der Waals surface area contributed by atoms with Crippen molar-refractivity contribution in [3.8, 4) is 0 Å². The molecule has 0 aliphatic carbocycles. The van der Waals surface area contributed by atoms with Crippen LogP contribution in [-0.4, -0.2) is 51.8 Å². The lowest BCUT2D eigenvalue weighted by Crippen LogP contribution is -2.37. The van der Waals surface area contributed by atoms with E-state index in [2.05, 4.69) is 76.2 Å². The van der Waals surface area contributed by atoms with Crippen LogP contribution in [0.2, 0.25) is 0 Å². The molecule has 0 saturated carbocycles. The molecule has 0 aliphatic heterocycles. The van der Waals surface area contributed by atoms with Crippen molar-refractivity contribution in [2.24, 2.45) is 29.1 Å². The van der Waals surface area contributed by atoms with Gasteiger partial charge in [0, 0.05) is 38.4 Å². The average Bonchev–Trinajstić information content (AvgIpc) is 2.79. The summed E-state index contributed by atoms with van der Waals surface area (Å²) in [5.74, 6) is 2.71. The van der Waals surface area contributed by atoms with Crippen LogP contribution in [0.3, 0.4) is 0 Å². The molecule has 232 valence electrons. The van der Waals surface area contributed by atoms with Gasteiger partial charge in [0.05, 0.1) is 18.8 Å². The largest absolute Gasteiger partial charge is 0.382 e. The maximum atomic E-state index is 6.12. The molecule has 0 spiro atoms.